The van der Waals surface area contributed by atoms with Crippen LogP contribution < -0.4 is 5.32 Å². The van der Waals surface area contributed by atoms with Gasteiger partial charge in [0.25, 0.3) is 0 Å². The van der Waals surface area contributed by atoms with Crippen LogP contribution in [-0.2, 0) is 0 Å². The van der Waals surface area contributed by atoms with Crippen LogP contribution in [0.25, 0.3) is 0 Å². The quantitative estimate of drug-likeness (QED) is 0.726. The van der Waals surface area contributed by atoms with E-state index in [4.69, 9.17) is 0 Å². The first-order valence-electron chi connectivity index (χ1n) is 6.25. The number of hydrogen-bond acceptors (Lipinski definition) is 2. The zero-order valence-corrected chi connectivity index (χ0v) is 10.6. The molecule has 4 nitrogen and oxygen atoms in total. The van der Waals surface area contributed by atoms with E-state index in [1.807, 2.05) is 18.7 Å². The Morgan fingerprint density at radius 2 is 1.81 bits per heavy atom. The second kappa shape index (κ2) is 4.24. The number of nitrogens with zero attached hydrogens (tertiary/aromatic N) is 2. The van der Waals surface area contributed by atoms with E-state index in [1.165, 1.54) is 25.9 Å². The Kier molecular flexibility index (Phi) is 3.10. The van der Waals surface area contributed by atoms with Gasteiger partial charge >= 0.3 is 6.03 Å². The van der Waals surface area contributed by atoms with Crippen molar-refractivity contribution in [1.29, 1.82) is 0 Å². The van der Waals surface area contributed by atoms with Crippen LogP contribution in [0.1, 0.15) is 26.7 Å². The van der Waals surface area contributed by atoms with E-state index in [0.29, 0.717) is 5.41 Å². The summed E-state index contributed by atoms with van der Waals surface area (Å²) in [4.78, 5) is 16.1. The Bertz CT molecular complexity index is 261. The number of likely N-dealkylation sites (tertiary alicyclic amines) is 2. The zero-order chi connectivity index (χ0) is 11.8. The van der Waals surface area contributed by atoms with Crippen molar-refractivity contribution in [3.63, 3.8) is 0 Å². The lowest BCUT2D eigenvalue weighted by Gasteiger charge is -2.52. The fraction of sp³-hybridized carbons (Fsp3) is 0.917. The zero-order valence-electron chi connectivity index (χ0n) is 10.6. The lowest BCUT2D eigenvalue weighted by molar-refractivity contribution is -0.0234. The largest absolute Gasteiger partial charge is 0.336 e. The van der Waals surface area contributed by atoms with Crippen molar-refractivity contribution in [2.45, 2.75) is 32.7 Å². The fourth-order valence-corrected chi connectivity index (χ4v) is 2.94. The second-order valence-corrected chi connectivity index (χ2v) is 5.76. The van der Waals surface area contributed by atoms with Crippen LogP contribution in [0, 0.1) is 5.41 Å². The standard InChI is InChI=1S/C12H23N3O/c1-10(2)13-11(16)15-6-4-12(5-7-15)8-14(3)9-12/h10H,4-9H2,1-3H3,(H,13,16). The molecular weight excluding hydrogens is 202 g/mol. The molecule has 0 radical (unpaired) electrons. The summed E-state index contributed by atoms with van der Waals surface area (Å²) >= 11 is 0. The van der Waals surface area contributed by atoms with Crippen LogP contribution in [0.5, 0.6) is 0 Å². The van der Waals surface area contributed by atoms with Gasteiger partial charge in [0.15, 0.2) is 0 Å². The normalized spacial score (nSPS) is 24.6. The van der Waals surface area contributed by atoms with Gasteiger partial charge in [-0.15, -0.1) is 0 Å². The topological polar surface area (TPSA) is 35.6 Å². The Labute approximate surface area is 98.0 Å². The molecule has 2 heterocycles. The van der Waals surface area contributed by atoms with E-state index in [-0.39, 0.29) is 12.1 Å². The molecule has 2 amide bonds. The number of nitrogens with one attached hydrogen (secondary N) is 1. The third-order valence-electron chi connectivity index (χ3n) is 3.73. The van der Waals surface area contributed by atoms with E-state index < -0.39 is 0 Å². The van der Waals surface area contributed by atoms with Gasteiger partial charge in [0.1, 0.15) is 0 Å². The van der Waals surface area contributed by atoms with E-state index >= 15 is 0 Å². The maximum Gasteiger partial charge on any atom is 0.317 e. The average molecular weight is 225 g/mol. The molecule has 1 spiro atoms. The Balaban J connectivity index is 1.79. The van der Waals surface area contributed by atoms with Gasteiger partial charge in [-0.1, -0.05) is 0 Å². The summed E-state index contributed by atoms with van der Waals surface area (Å²) in [7, 11) is 2.17. The smallest absolute Gasteiger partial charge is 0.317 e. The van der Waals surface area contributed by atoms with Crippen LogP contribution >= 0.6 is 0 Å². The van der Waals surface area contributed by atoms with Crippen LogP contribution in [0.3, 0.4) is 0 Å². The van der Waals surface area contributed by atoms with Crippen molar-refractivity contribution < 1.29 is 4.79 Å². The highest BCUT2D eigenvalue weighted by Gasteiger charge is 2.43. The molecule has 0 aromatic carbocycles. The van der Waals surface area contributed by atoms with Crippen LogP contribution in [0.2, 0.25) is 0 Å². The van der Waals surface area contributed by atoms with Crippen molar-refractivity contribution in [2.24, 2.45) is 5.41 Å². The molecule has 16 heavy (non-hydrogen) atoms. The maximum atomic E-state index is 11.8. The monoisotopic (exact) mass is 225 g/mol. The van der Waals surface area contributed by atoms with E-state index in [9.17, 15) is 4.79 Å². The van der Waals surface area contributed by atoms with Gasteiger partial charge in [-0.3, -0.25) is 0 Å². The van der Waals surface area contributed by atoms with Gasteiger partial charge in [-0.25, -0.2) is 4.79 Å². The van der Waals surface area contributed by atoms with Crippen molar-refractivity contribution in [3.05, 3.63) is 0 Å². The number of rotatable bonds is 1. The molecule has 0 saturated carbocycles. The van der Waals surface area contributed by atoms with Crippen molar-refractivity contribution in [3.8, 4) is 0 Å². The van der Waals surface area contributed by atoms with Gasteiger partial charge in [-0.2, -0.15) is 0 Å². The fourth-order valence-electron chi connectivity index (χ4n) is 2.94. The lowest BCUT2D eigenvalue weighted by Crippen LogP contribution is -2.60. The van der Waals surface area contributed by atoms with Gasteiger partial charge < -0.3 is 15.1 Å². The number of carbonyl (C=O) groups excluding carboxylic acids is 1. The molecule has 0 bridgehead atoms. The molecule has 0 aromatic rings. The first-order chi connectivity index (χ1) is 7.51. The molecule has 2 rings (SSSR count). The molecule has 2 fully saturated rings. The molecule has 2 aliphatic rings. The predicted octanol–water partition coefficient (Wildman–Crippen LogP) is 1.13. The minimum Gasteiger partial charge on any atom is -0.336 e. The summed E-state index contributed by atoms with van der Waals surface area (Å²) in [6.07, 6.45) is 2.34. The van der Waals surface area contributed by atoms with Crippen LogP contribution in [0.15, 0.2) is 0 Å². The molecule has 2 saturated heterocycles. The molecule has 4 heteroatoms. The third-order valence-corrected chi connectivity index (χ3v) is 3.73. The van der Waals surface area contributed by atoms with Gasteiger partial charge in [0.05, 0.1) is 0 Å². The van der Waals surface area contributed by atoms with Crippen molar-refractivity contribution in [2.75, 3.05) is 33.2 Å². The Morgan fingerprint density at radius 1 is 1.25 bits per heavy atom. The Hall–Kier alpha value is -0.770. The molecule has 0 unspecified atom stereocenters. The van der Waals surface area contributed by atoms with Gasteiger partial charge in [0, 0.05) is 32.2 Å². The van der Waals surface area contributed by atoms with E-state index in [1.54, 1.807) is 0 Å². The minimum absolute atomic E-state index is 0.109. The molecular formula is C12H23N3O. The Morgan fingerprint density at radius 3 is 2.25 bits per heavy atom. The van der Waals surface area contributed by atoms with Crippen molar-refractivity contribution in [1.82, 2.24) is 15.1 Å². The van der Waals surface area contributed by atoms with Crippen LogP contribution in [-0.4, -0.2) is 55.1 Å². The van der Waals surface area contributed by atoms with Gasteiger partial charge in [-0.05, 0) is 39.2 Å². The number of carbonyl (C=O) groups is 1. The summed E-state index contributed by atoms with van der Waals surface area (Å²) < 4.78 is 0. The predicted molar refractivity (Wildman–Crippen MR) is 64.4 cm³/mol. The van der Waals surface area contributed by atoms with E-state index in [0.717, 1.165) is 13.1 Å². The minimum atomic E-state index is 0.109. The number of piperidine rings is 1. The summed E-state index contributed by atoms with van der Waals surface area (Å²) in [5.74, 6) is 0. The third kappa shape index (κ3) is 2.32. The molecule has 1 N–H and O–H groups in total. The molecule has 0 atom stereocenters. The SMILES string of the molecule is CC(C)NC(=O)N1CCC2(CC1)CN(C)C2. The van der Waals surface area contributed by atoms with Crippen LogP contribution in [0.4, 0.5) is 4.79 Å². The summed E-state index contributed by atoms with van der Waals surface area (Å²) in [5, 5.41) is 2.96. The molecule has 0 aromatic heterocycles. The molecule has 92 valence electrons. The van der Waals surface area contributed by atoms with E-state index in [2.05, 4.69) is 17.3 Å². The average Bonchev–Trinajstić information content (AvgIpc) is 2.15. The lowest BCUT2D eigenvalue weighted by atomic mass is 9.72. The highest BCUT2D eigenvalue weighted by molar-refractivity contribution is 5.74. The summed E-state index contributed by atoms with van der Waals surface area (Å²) in [6, 6.07) is 0.343. The first kappa shape index (κ1) is 11.7. The first-order valence-corrected chi connectivity index (χ1v) is 6.25. The highest BCUT2D eigenvalue weighted by Crippen LogP contribution is 2.39. The number of urea groups is 1. The maximum absolute atomic E-state index is 11.8. The number of hydrogen-bond donors (Lipinski definition) is 1. The molecule has 0 aliphatic carbocycles. The summed E-state index contributed by atoms with van der Waals surface area (Å²) in [6.45, 7) is 8.28. The van der Waals surface area contributed by atoms with Gasteiger partial charge in [0.2, 0.25) is 0 Å². The highest BCUT2D eigenvalue weighted by atomic mass is 16.2. The second-order valence-electron chi connectivity index (χ2n) is 5.76. The summed E-state index contributed by atoms with van der Waals surface area (Å²) in [5.41, 5.74) is 0.531. The van der Waals surface area contributed by atoms with Crippen molar-refractivity contribution >= 4 is 6.03 Å². The molecule has 2 aliphatic heterocycles. The number of amides is 2.